The summed E-state index contributed by atoms with van der Waals surface area (Å²) in [7, 11) is 0. The van der Waals surface area contributed by atoms with Gasteiger partial charge in [0.25, 0.3) is 0 Å². The summed E-state index contributed by atoms with van der Waals surface area (Å²) in [5, 5.41) is 18.1. The molecule has 3 rings (SSSR count). The second-order valence-corrected chi connectivity index (χ2v) is 10.3. The number of nitrogens with one attached hydrogen (secondary N) is 5. The van der Waals surface area contributed by atoms with Crippen molar-refractivity contribution >= 4 is 40.5 Å². The lowest BCUT2D eigenvalue weighted by molar-refractivity contribution is -0.142. The molecule has 12 N–H and O–H groups in total. The van der Waals surface area contributed by atoms with Crippen molar-refractivity contribution in [3.8, 4) is 0 Å². The molecule has 0 saturated carbocycles. The molecular weight excluding hydrogens is 558 g/mol. The van der Waals surface area contributed by atoms with Crippen molar-refractivity contribution in [3.05, 3.63) is 54.2 Å². The van der Waals surface area contributed by atoms with E-state index in [-0.39, 0.29) is 32.1 Å². The van der Waals surface area contributed by atoms with Gasteiger partial charge < -0.3 is 48.2 Å². The minimum absolute atomic E-state index is 0.0523. The van der Waals surface area contributed by atoms with Crippen LogP contribution in [0.3, 0.4) is 0 Å². The number of carbonyl (C=O) groups is 5. The number of primary amides is 1. The molecule has 0 fully saturated rings. The highest BCUT2D eigenvalue weighted by Gasteiger charge is 2.31. The first-order chi connectivity index (χ1) is 20.6. The summed E-state index contributed by atoms with van der Waals surface area (Å²) in [5.41, 5.74) is 19.2. The number of aromatic nitrogens is 3. The van der Waals surface area contributed by atoms with E-state index in [2.05, 4.69) is 30.9 Å². The lowest BCUT2D eigenvalue weighted by Crippen LogP contribution is -2.58. The molecule has 0 spiro atoms. The molecule has 15 heteroatoms. The van der Waals surface area contributed by atoms with Crippen LogP contribution in [0, 0.1) is 0 Å². The Kier molecular flexibility index (Phi) is 12.2. The number of para-hydroxylation sites is 1. The number of nitrogens with zero attached hydrogens (tertiary/aromatic N) is 1. The fourth-order valence-corrected chi connectivity index (χ4v) is 4.58. The van der Waals surface area contributed by atoms with Crippen LogP contribution in [0.25, 0.3) is 10.9 Å². The van der Waals surface area contributed by atoms with Crippen molar-refractivity contribution in [2.45, 2.75) is 69.1 Å². The molecule has 2 heterocycles. The molecule has 232 valence electrons. The van der Waals surface area contributed by atoms with E-state index in [1.807, 2.05) is 24.3 Å². The van der Waals surface area contributed by atoms with Crippen molar-refractivity contribution in [1.29, 1.82) is 0 Å². The summed E-state index contributed by atoms with van der Waals surface area (Å²) in [5.74, 6) is -4.09. The molecule has 0 radical (unpaired) electrons. The van der Waals surface area contributed by atoms with Crippen LogP contribution in [0.4, 0.5) is 0 Å². The highest BCUT2D eigenvalue weighted by molar-refractivity contribution is 5.94. The summed E-state index contributed by atoms with van der Waals surface area (Å²) < 4.78 is 0. The fraction of sp³-hybridized carbons (Fsp3) is 0.429. The Morgan fingerprint density at radius 1 is 0.884 bits per heavy atom. The molecule has 15 nitrogen and oxygen atoms in total. The Labute approximate surface area is 247 Å². The number of fused-ring (bicyclic) bond motifs is 1. The molecule has 4 amide bonds. The van der Waals surface area contributed by atoms with Gasteiger partial charge in [-0.2, -0.15) is 0 Å². The van der Waals surface area contributed by atoms with Crippen LogP contribution in [0.1, 0.15) is 43.4 Å². The van der Waals surface area contributed by atoms with Gasteiger partial charge in [0, 0.05) is 41.8 Å². The van der Waals surface area contributed by atoms with E-state index in [4.69, 9.17) is 17.2 Å². The van der Waals surface area contributed by atoms with Crippen LogP contribution in [-0.2, 0) is 36.8 Å². The number of imidazole rings is 1. The first kappa shape index (κ1) is 32.8. The van der Waals surface area contributed by atoms with E-state index in [1.54, 1.807) is 6.20 Å². The number of H-pyrrole nitrogens is 2. The number of carboxylic acid groups (broad SMARTS) is 1. The molecule has 0 aliphatic carbocycles. The fourth-order valence-electron chi connectivity index (χ4n) is 4.58. The maximum Gasteiger partial charge on any atom is 0.326 e. The molecule has 4 unspecified atom stereocenters. The van der Waals surface area contributed by atoms with Crippen molar-refractivity contribution in [3.63, 3.8) is 0 Å². The average Bonchev–Trinajstić information content (AvgIpc) is 3.64. The van der Waals surface area contributed by atoms with Crippen molar-refractivity contribution < 1.29 is 29.1 Å². The van der Waals surface area contributed by atoms with E-state index in [0.29, 0.717) is 25.1 Å². The van der Waals surface area contributed by atoms with Crippen LogP contribution in [0.15, 0.2) is 43.0 Å². The maximum absolute atomic E-state index is 13.4. The average molecular weight is 598 g/mol. The predicted molar refractivity (Wildman–Crippen MR) is 157 cm³/mol. The summed E-state index contributed by atoms with van der Waals surface area (Å²) in [4.78, 5) is 72.9. The zero-order chi connectivity index (χ0) is 31.4. The smallest absolute Gasteiger partial charge is 0.326 e. The Morgan fingerprint density at radius 3 is 2.26 bits per heavy atom. The van der Waals surface area contributed by atoms with Gasteiger partial charge in [-0.3, -0.25) is 19.2 Å². The van der Waals surface area contributed by atoms with Gasteiger partial charge in [-0.25, -0.2) is 9.78 Å². The Hall–Kier alpha value is -4.76. The Morgan fingerprint density at radius 2 is 1.58 bits per heavy atom. The van der Waals surface area contributed by atoms with Crippen LogP contribution in [-0.4, -0.2) is 80.4 Å². The topological polar surface area (TPSA) is 264 Å². The van der Waals surface area contributed by atoms with Gasteiger partial charge in [0.2, 0.25) is 23.6 Å². The second-order valence-electron chi connectivity index (χ2n) is 10.3. The van der Waals surface area contributed by atoms with E-state index in [9.17, 15) is 29.1 Å². The third kappa shape index (κ3) is 9.93. The number of hydrogen-bond donors (Lipinski definition) is 9. The Balaban J connectivity index is 1.73. The quantitative estimate of drug-likeness (QED) is 0.0807. The number of aliphatic carboxylic acids is 1. The number of benzene rings is 1. The van der Waals surface area contributed by atoms with Gasteiger partial charge >= 0.3 is 5.97 Å². The second kappa shape index (κ2) is 16.0. The first-order valence-electron chi connectivity index (χ1n) is 14.0. The number of amides is 4. The number of carbonyl (C=O) groups excluding carboxylic acids is 4. The molecular formula is C28H39N9O6. The van der Waals surface area contributed by atoms with Gasteiger partial charge in [0.1, 0.15) is 18.1 Å². The van der Waals surface area contributed by atoms with Crippen LogP contribution < -0.4 is 33.2 Å². The Bertz CT molecular complexity index is 1390. The SMILES string of the molecule is NCCCCC(NC(=O)C(Cc1cnc[nH]1)NC(=O)C(CCC(N)=O)NC(=O)C(N)Cc1c[nH]c2ccccc12)C(=O)O. The summed E-state index contributed by atoms with van der Waals surface area (Å²) >= 11 is 0. The number of aromatic amines is 2. The van der Waals surface area contributed by atoms with Gasteiger partial charge in [-0.15, -0.1) is 0 Å². The zero-order valence-electron chi connectivity index (χ0n) is 23.7. The molecule has 0 aliphatic heterocycles. The predicted octanol–water partition coefficient (Wildman–Crippen LogP) is -1.06. The van der Waals surface area contributed by atoms with Crippen molar-refractivity contribution in [1.82, 2.24) is 30.9 Å². The summed E-state index contributed by atoms with van der Waals surface area (Å²) in [6.45, 7) is 0.378. The standard InChI is InChI=1S/C28H39N9O6/c29-10-4-3-7-22(28(42)43)36-27(41)23(12-17-14-32-15-34-17)37-26(40)21(8-9-24(31)38)35-25(39)19(30)11-16-13-33-20-6-2-1-5-18(16)20/h1-2,5-6,13-15,19,21-23,33H,3-4,7-12,29-30H2,(H2,31,38)(H,32,34)(H,35,39)(H,36,41)(H,37,40)(H,42,43). The minimum atomic E-state index is -1.26. The molecule has 0 saturated heterocycles. The normalized spacial score (nSPS) is 13.9. The molecule has 1 aromatic carbocycles. The van der Waals surface area contributed by atoms with Gasteiger partial charge in [-0.1, -0.05) is 18.2 Å². The molecule has 0 aliphatic rings. The molecule has 43 heavy (non-hydrogen) atoms. The molecule has 2 aromatic heterocycles. The van der Waals surface area contributed by atoms with E-state index in [0.717, 1.165) is 16.5 Å². The van der Waals surface area contributed by atoms with E-state index < -0.39 is 53.8 Å². The zero-order valence-corrected chi connectivity index (χ0v) is 23.7. The maximum atomic E-state index is 13.4. The van der Waals surface area contributed by atoms with Gasteiger partial charge in [-0.05, 0) is 50.3 Å². The van der Waals surface area contributed by atoms with Crippen LogP contribution >= 0.6 is 0 Å². The molecule has 0 bridgehead atoms. The van der Waals surface area contributed by atoms with E-state index in [1.165, 1.54) is 12.5 Å². The van der Waals surface area contributed by atoms with Crippen molar-refractivity contribution in [2.24, 2.45) is 17.2 Å². The highest BCUT2D eigenvalue weighted by atomic mass is 16.4. The lowest BCUT2D eigenvalue weighted by atomic mass is 10.0. The van der Waals surface area contributed by atoms with E-state index >= 15 is 0 Å². The minimum Gasteiger partial charge on any atom is -0.480 e. The lowest BCUT2D eigenvalue weighted by Gasteiger charge is -2.25. The number of rotatable bonds is 18. The number of carboxylic acids is 1. The highest BCUT2D eigenvalue weighted by Crippen LogP contribution is 2.19. The summed E-state index contributed by atoms with van der Waals surface area (Å²) in [6, 6.07) is 2.80. The number of hydrogen-bond acceptors (Lipinski definition) is 8. The van der Waals surface area contributed by atoms with Crippen LogP contribution in [0.5, 0.6) is 0 Å². The molecule has 3 aromatic rings. The molecule has 4 atom stereocenters. The van der Waals surface area contributed by atoms with Gasteiger partial charge in [0.05, 0.1) is 12.4 Å². The third-order valence-corrected chi connectivity index (χ3v) is 6.94. The third-order valence-electron chi connectivity index (χ3n) is 6.94. The van der Waals surface area contributed by atoms with Gasteiger partial charge in [0.15, 0.2) is 0 Å². The number of unbranched alkanes of at least 4 members (excludes halogenated alkanes) is 1. The van der Waals surface area contributed by atoms with Crippen molar-refractivity contribution in [2.75, 3.05) is 6.54 Å². The largest absolute Gasteiger partial charge is 0.480 e. The van der Waals surface area contributed by atoms with Crippen LogP contribution in [0.2, 0.25) is 0 Å². The monoisotopic (exact) mass is 597 g/mol. The first-order valence-corrected chi connectivity index (χ1v) is 14.0. The summed E-state index contributed by atoms with van der Waals surface area (Å²) in [6.07, 6.45) is 5.56. The number of nitrogens with two attached hydrogens (primary N) is 3.